The minimum atomic E-state index is -0.0345. The topological polar surface area (TPSA) is 45.2 Å². The quantitative estimate of drug-likeness (QED) is 0.671. The minimum absolute atomic E-state index is 0.0345. The number of likely N-dealkylation sites (N-methyl/N-ethyl adjacent to an activating group) is 1. The number of anilines is 1. The van der Waals surface area contributed by atoms with Gasteiger partial charge in [-0.15, -0.1) is 11.3 Å². The maximum Gasteiger partial charge on any atom is 0.238 e. The fourth-order valence-corrected chi connectivity index (χ4v) is 3.70. The maximum absolute atomic E-state index is 12.2. The van der Waals surface area contributed by atoms with E-state index >= 15 is 0 Å². The molecule has 1 atom stereocenters. The molecule has 0 saturated heterocycles. The number of halogens is 1. The van der Waals surface area contributed by atoms with Crippen LogP contribution in [-0.2, 0) is 4.79 Å². The van der Waals surface area contributed by atoms with Crippen LogP contribution >= 0.6 is 27.3 Å². The van der Waals surface area contributed by atoms with Crippen LogP contribution in [0.25, 0.3) is 10.2 Å². The highest BCUT2D eigenvalue weighted by Crippen LogP contribution is 2.28. The molecule has 0 aliphatic rings. The molecule has 6 heteroatoms. The number of carbonyl (C=O) groups excluding carboxylic acids is 1. The second kappa shape index (κ2) is 7.42. The van der Waals surface area contributed by atoms with Crippen LogP contribution in [0.2, 0.25) is 0 Å². The summed E-state index contributed by atoms with van der Waals surface area (Å²) in [6.45, 7) is 2.39. The lowest BCUT2D eigenvalue weighted by Crippen LogP contribution is -2.32. The lowest BCUT2D eigenvalue weighted by Gasteiger charge is -2.22. The normalized spacial score (nSPS) is 12.5. The molecule has 0 unspecified atom stereocenters. The lowest BCUT2D eigenvalue weighted by atomic mass is 10.3. The molecule has 1 heterocycles. The molecule has 0 radical (unpaired) electrons. The molecular formula is C18H18BrN3OS. The van der Waals surface area contributed by atoms with E-state index in [2.05, 4.69) is 39.2 Å². The molecule has 124 valence electrons. The van der Waals surface area contributed by atoms with Crippen molar-refractivity contribution >= 4 is 49.1 Å². The van der Waals surface area contributed by atoms with Gasteiger partial charge in [-0.3, -0.25) is 9.69 Å². The van der Waals surface area contributed by atoms with E-state index in [9.17, 15) is 4.79 Å². The molecule has 0 saturated carbocycles. The van der Waals surface area contributed by atoms with Crippen LogP contribution in [0.15, 0.2) is 53.0 Å². The van der Waals surface area contributed by atoms with Crippen molar-refractivity contribution in [2.45, 2.75) is 13.0 Å². The van der Waals surface area contributed by atoms with Crippen molar-refractivity contribution in [1.29, 1.82) is 0 Å². The van der Waals surface area contributed by atoms with Gasteiger partial charge in [0, 0.05) is 10.2 Å². The molecule has 4 nitrogen and oxygen atoms in total. The summed E-state index contributed by atoms with van der Waals surface area (Å²) in [5, 5.41) is 3.94. The zero-order chi connectivity index (χ0) is 17.1. The largest absolute Gasteiger partial charge is 0.325 e. The van der Waals surface area contributed by atoms with Gasteiger partial charge in [-0.2, -0.15) is 0 Å². The maximum atomic E-state index is 12.2. The van der Waals surface area contributed by atoms with Gasteiger partial charge in [-0.25, -0.2) is 4.98 Å². The van der Waals surface area contributed by atoms with Gasteiger partial charge in [0.05, 0.1) is 22.8 Å². The lowest BCUT2D eigenvalue weighted by molar-refractivity contribution is -0.117. The number of para-hydroxylation sites is 1. The zero-order valence-electron chi connectivity index (χ0n) is 13.5. The zero-order valence-corrected chi connectivity index (χ0v) is 15.9. The van der Waals surface area contributed by atoms with E-state index in [0.717, 1.165) is 20.7 Å². The fourth-order valence-electron chi connectivity index (χ4n) is 2.35. The molecule has 0 spiro atoms. The van der Waals surface area contributed by atoms with E-state index in [-0.39, 0.29) is 11.9 Å². The van der Waals surface area contributed by atoms with Gasteiger partial charge in [-0.05, 0) is 50.4 Å². The Bertz CT molecular complexity index is 814. The Labute approximate surface area is 153 Å². The predicted molar refractivity (Wildman–Crippen MR) is 103 cm³/mol. The van der Waals surface area contributed by atoms with E-state index < -0.39 is 0 Å². The Kier molecular flexibility index (Phi) is 5.28. The first-order chi connectivity index (χ1) is 11.5. The number of fused-ring (bicyclic) bond motifs is 1. The average Bonchev–Trinajstić information content (AvgIpc) is 3.00. The van der Waals surface area contributed by atoms with Gasteiger partial charge in [0.2, 0.25) is 5.91 Å². The first-order valence-corrected chi connectivity index (χ1v) is 9.25. The molecule has 3 rings (SSSR count). The molecule has 3 aromatic rings. The third-order valence-electron chi connectivity index (χ3n) is 3.85. The van der Waals surface area contributed by atoms with Gasteiger partial charge >= 0.3 is 0 Å². The number of nitrogens with zero attached hydrogens (tertiary/aromatic N) is 2. The van der Waals surface area contributed by atoms with Gasteiger partial charge in [0.15, 0.2) is 0 Å². The number of hydrogen-bond donors (Lipinski definition) is 1. The van der Waals surface area contributed by atoms with Gasteiger partial charge in [0.25, 0.3) is 0 Å². The van der Waals surface area contributed by atoms with Crippen molar-refractivity contribution in [2.75, 3.05) is 18.9 Å². The second-order valence-corrected chi connectivity index (χ2v) is 7.64. The average molecular weight is 404 g/mol. The van der Waals surface area contributed by atoms with Crippen LogP contribution < -0.4 is 5.32 Å². The minimum Gasteiger partial charge on any atom is -0.325 e. The highest BCUT2D eigenvalue weighted by molar-refractivity contribution is 9.10. The summed E-state index contributed by atoms with van der Waals surface area (Å²) in [4.78, 5) is 18.9. The monoisotopic (exact) mass is 403 g/mol. The first kappa shape index (κ1) is 17.1. The van der Waals surface area contributed by atoms with E-state index in [1.165, 1.54) is 4.70 Å². The van der Waals surface area contributed by atoms with Gasteiger partial charge in [-0.1, -0.05) is 28.1 Å². The standard InChI is InChI=1S/C18H18BrN3OS/c1-12(18-21-15-5-3-4-6-16(15)24-18)22(2)11-17(23)20-14-9-7-13(19)8-10-14/h3-10,12H,11H2,1-2H3,(H,20,23)/t12-/m1/s1. The molecule has 0 aliphatic carbocycles. The Morgan fingerprint density at radius 1 is 1.25 bits per heavy atom. The van der Waals surface area contributed by atoms with Crippen LogP contribution in [0.1, 0.15) is 18.0 Å². The molecule has 0 fully saturated rings. The molecular weight excluding hydrogens is 386 g/mol. The van der Waals surface area contributed by atoms with E-state index in [1.807, 2.05) is 54.4 Å². The van der Waals surface area contributed by atoms with Crippen molar-refractivity contribution < 1.29 is 4.79 Å². The molecule has 1 aromatic heterocycles. The summed E-state index contributed by atoms with van der Waals surface area (Å²) >= 11 is 5.06. The molecule has 0 bridgehead atoms. The van der Waals surface area contributed by atoms with E-state index in [1.54, 1.807) is 11.3 Å². The highest BCUT2D eigenvalue weighted by atomic mass is 79.9. The smallest absolute Gasteiger partial charge is 0.238 e. The van der Waals surface area contributed by atoms with Crippen molar-refractivity contribution in [3.63, 3.8) is 0 Å². The number of rotatable bonds is 5. The van der Waals surface area contributed by atoms with Crippen LogP contribution in [0.5, 0.6) is 0 Å². The summed E-state index contributed by atoms with van der Waals surface area (Å²) < 4.78 is 2.16. The summed E-state index contributed by atoms with van der Waals surface area (Å²) in [7, 11) is 1.94. The molecule has 1 amide bonds. The third kappa shape index (κ3) is 4.01. The Morgan fingerprint density at radius 3 is 2.67 bits per heavy atom. The number of aromatic nitrogens is 1. The molecule has 24 heavy (non-hydrogen) atoms. The van der Waals surface area contributed by atoms with Crippen molar-refractivity contribution in [2.24, 2.45) is 0 Å². The van der Waals surface area contributed by atoms with Crippen LogP contribution in [-0.4, -0.2) is 29.4 Å². The summed E-state index contributed by atoms with van der Waals surface area (Å²) in [5.41, 5.74) is 1.81. The number of carbonyl (C=O) groups is 1. The summed E-state index contributed by atoms with van der Waals surface area (Å²) in [5.74, 6) is -0.0345. The summed E-state index contributed by atoms with van der Waals surface area (Å²) in [6, 6.07) is 15.7. The van der Waals surface area contributed by atoms with Crippen molar-refractivity contribution in [3.05, 3.63) is 58.0 Å². The van der Waals surface area contributed by atoms with Crippen molar-refractivity contribution in [3.8, 4) is 0 Å². The Balaban J connectivity index is 1.63. The predicted octanol–water partition coefficient (Wildman–Crippen LogP) is 4.69. The second-order valence-electron chi connectivity index (χ2n) is 5.67. The SMILES string of the molecule is C[C@H](c1nc2ccccc2s1)N(C)CC(=O)Nc1ccc(Br)cc1. The van der Waals surface area contributed by atoms with Crippen molar-refractivity contribution in [1.82, 2.24) is 9.88 Å². The number of amides is 1. The highest BCUT2D eigenvalue weighted by Gasteiger charge is 2.18. The van der Waals surface area contributed by atoms with Crippen LogP contribution in [0.3, 0.4) is 0 Å². The number of nitrogens with one attached hydrogen (secondary N) is 1. The van der Waals surface area contributed by atoms with Crippen LogP contribution in [0, 0.1) is 0 Å². The number of benzene rings is 2. The molecule has 1 N–H and O–H groups in total. The summed E-state index contributed by atoms with van der Waals surface area (Å²) in [6.07, 6.45) is 0. The first-order valence-electron chi connectivity index (χ1n) is 7.64. The van der Waals surface area contributed by atoms with E-state index in [0.29, 0.717) is 6.54 Å². The Morgan fingerprint density at radius 2 is 1.96 bits per heavy atom. The van der Waals surface area contributed by atoms with Crippen LogP contribution in [0.4, 0.5) is 5.69 Å². The van der Waals surface area contributed by atoms with E-state index in [4.69, 9.17) is 0 Å². The van der Waals surface area contributed by atoms with Gasteiger partial charge in [0.1, 0.15) is 5.01 Å². The molecule has 2 aromatic carbocycles. The van der Waals surface area contributed by atoms with Gasteiger partial charge < -0.3 is 5.32 Å². The third-order valence-corrected chi connectivity index (χ3v) is 5.59. The number of thiazole rings is 1. The Hall–Kier alpha value is -1.76. The molecule has 0 aliphatic heterocycles. The number of hydrogen-bond acceptors (Lipinski definition) is 4. The fraction of sp³-hybridized carbons (Fsp3) is 0.222.